The molecule has 1 aliphatic rings. The molecule has 25 heavy (non-hydrogen) atoms. The second-order valence-electron chi connectivity index (χ2n) is 6.78. The van der Waals surface area contributed by atoms with E-state index in [-0.39, 0.29) is 31.7 Å². The van der Waals surface area contributed by atoms with Crippen molar-refractivity contribution in [1.82, 2.24) is 9.13 Å². The first-order chi connectivity index (χ1) is 11.7. The van der Waals surface area contributed by atoms with Crippen molar-refractivity contribution in [2.24, 2.45) is 5.73 Å². The zero-order valence-electron chi connectivity index (χ0n) is 14.2. The highest BCUT2D eigenvalue weighted by molar-refractivity contribution is 7.18. The van der Waals surface area contributed by atoms with Crippen LogP contribution in [0.25, 0.3) is 10.2 Å². The number of aliphatic hydroxyl groups excluding tert-OH is 1. The second-order valence-corrected chi connectivity index (χ2v) is 7.86. The maximum Gasteiger partial charge on any atom is 0.332 e. The summed E-state index contributed by atoms with van der Waals surface area (Å²) in [6.45, 7) is 3.92. The van der Waals surface area contributed by atoms with Crippen molar-refractivity contribution < 1.29 is 14.6 Å². The van der Waals surface area contributed by atoms with Gasteiger partial charge in [0.1, 0.15) is 11.4 Å². The van der Waals surface area contributed by atoms with Gasteiger partial charge >= 0.3 is 5.69 Å². The molecule has 0 unspecified atom stereocenters. The molecule has 136 valence electrons. The molecule has 0 atom stereocenters. The molecule has 0 fully saturated rings. The van der Waals surface area contributed by atoms with Crippen LogP contribution in [0.1, 0.15) is 30.7 Å². The van der Waals surface area contributed by atoms with E-state index < -0.39 is 17.2 Å². The Balaban J connectivity index is 2.33. The minimum Gasteiger partial charge on any atom is -0.396 e. The van der Waals surface area contributed by atoms with E-state index in [1.54, 1.807) is 0 Å². The Bertz CT molecular complexity index is 953. The van der Waals surface area contributed by atoms with Crippen molar-refractivity contribution in [3.05, 3.63) is 31.3 Å². The van der Waals surface area contributed by atoms with Crippen LogP contribution in [0.3, 0.4) is 0 Å². The zero-order valence-corrected chi connectivity index (χ0v) is 15.0. The van der Waals surface area contributed by atoms with E-state index in [1.165, 1.54) is 15.9 Å². The molecule has 2 aromatic rings. The highest BCUT2D eigenvalue weighted by Crippen LogP contribution is 2.37. The number of aliphatic hydroxyl groups is 1. The van der Waals surface area contributed by atoms with Gasteiger partial charge in [-0.3, -0.25) is 18.7 Å². The van der Waals surface area contributed by atoms with Gasteiger partial charge in [-0.2, -0.15) is 0 Å². The molecule has 0 saturated heterocycles. The zero-order chi connectivity index (χ0) is 18.4. The first-order valence-corrected chi connectivity index (χ1v) is 8.88. The largest absolute Gasteiger partial charge is 0.396 e. The number of hydrogen-bond acceptors (Lipinski definition) is 6. The molecule has 1 amide bonds. The monoisotopic (exact) mass is 367 g/mol. The van der Waals surface area contributed by atoms with Gasteiger partial charge in [-0.25, -0.2) is 4.79 Å². The smallest absolute Gasteiger partial charge is 0.332 e. The third-order valence-corrected chi connectivity index (χ3v) is 5.52. The number of primary amides is 1. The summed E-state index contributed by atoms with van der Waals surface area (Å²) in [6.07, 6.45) is 0.824. The van der Waals surface area contributed by atoms with Crippen LogP contribution in [0.5, 0.6) is 0 Å². The van der Waals surface area contributed by atoms with Crippen molar-refractivity contribution in [3.63, 3.8) is 0 Å². The van der Waals surface area contributed by atoms with Crippen molar-refractivity contribution in [2.45, 2.75) is 52.0 Å². The van der Waals surface area contributed by atoms with Gasteiger partial charge in [-0.15, -0.1) is 11.3 Å². The maximum atomic E-state index is 13.0. The molecule has 2 aromatic heterocycles. The molecule has 0 spiro atoms. The minimum atomic E-state index is -0.654. The van der Waals surface area contributed by atoms with Gasteiger partial charge in [-0.1, -0.05) is 0 Å². The van der Waals surface area contributed by atoms with Crippen LogP contribution in [0.4, 0.5) is 0 Å². The number of carbonyl (C=O) groups excluding carboxylic acids is 1. The number of nitrogens with zero attached hydrogens (tertiary/aromatic N) is 2. The SMILES string of the molecule is CC1(C)Cc2c(sc3c2c(=O)n(CCCO)c(=O)n3CC(N)=O)CO1. The molecule has 3 rings (SSSR count). The normalized spacial score (nSPS) is 16.1. The number of fused-ring (bicyclic) bond motifs is 3. The van der Waals surface area contributed by atoms with Gasteiger partial charge in [-0.05, 0) is 25.8 Å². The molecule has 0 aromatic carbocycles. The summed E-state index contributed by atoms with van der Waals surface area (Å²) < 4.78 is 8.13. The summed E-state index contributed by atoms with van der Waals surface area (Å²) in [5.41, 5.74) is 4.79. The average Bonchev–Trinajstić information content (AvgIpc) is 2.88. The van der Waals surface area contributed by atoms with Gasteiger partial charge in [0.2, 0.25) is 5.91 Å². The summed E-state index contributed by atoms with van der Waals surface area (Å²) in [4.78, 5) is 38.4. The lowest BCUT2D eigenvalue weighted by Gasteiger charge is -2.29. The maximum absolute atomic E-state index is 13.0. The Hall–Kier alpha value is -1.97. The minimum absolute atomic E-state index is 0.0907. The van der Waals surface area contributed by atoms with Gasteiger partial charge < -0.3 is 15.6 Å². The molecular formula is C16H21N3O5S. The highest BCUT2D eigenvalue weighted by Gasteiger charge is 2.32. The van der Waals surface area contributed by atoms with E-state index in [1.807, 2.05) is 13.8 Å². The standard InChI is InChI=1S/C16H21N3O5S/c1-16(2)6-9-10(8-24-16)25-14-12(9)13(22)18(4-3-5-20)15(23)19(14)7-11(17)21/h20H,3-8H2,1-2H3,(H2,17,21). The van der Waals surface area contributed by atoms with E-state index in [2.05, 4.69) is 0 Å². The molecular weight excluding hydrogens is 346 g/mol. The van der Waals surface area contributed by atoms with Crippen molar-refractivity contribution in [3.8, 4) is 0 Å². The molecule has 3 heterocycles. The van der Waals surface area contributed by atoms with Crippen molar-refractivity contribution in [2.75, 3.05) is 6.61 Å². The fraction of sp³-hybridized carbons (Fsp3) is 0.562. The van der Waals surface area contributed by atoms with E-state index in [0.29, 0.717) is 23.2 Å². The molecule has 0 aliphatic carbocycles. The molecule has 3 N–H and O–H groups in total. The number of thiophene rings is 1. The molecule has 0 radical (unpaired) electrons. The van der Waals surface area contributed by atoms with Crippen LogP contribution in [-0.2, 0) is 35.6 Å². The first-order valence-electron chi connectivity index (χ1n) is 8.06. The average molecular weight is 367 g/mol. The summed E-state index contributed by atoms with van der Waals surface area (Å²) in [6, 6.07) is 0. The Kier molecular flexibility index (Phi) is 4.56. The number of hydrogen-bond donors (Lipinski definition) is 2. The van der Waals surface area contributed by atoms with Crippen LogP contribution in [0.15, 0.2) is 9.59 Å². The lowest BCUT2D eigenvalue weighted by molar-refractivity contribution is -0.118. The molecule has 9 heteroatoms. The Morgan fingerprint density at radius 2 is 2.08 bits per heavy atom. The fourth-order valence-corrected chi connectivity index (χ4v) is 4.34. The number of rotatable bonds is 5. The molecule has 8 nitrogen and oxygen atoms in total. The Morgan fingerprint density at radius 3 is 2.72 bits per heavy atom. The number of ether oxygens (including phenoxy) is 1. The molecule has 0 bridgehead atoms. The van der Waals surface area contributed by atoms with Gasteiger partial charge in [0.25, 0.3) is 5.56 Å². The predicted molar refractivity (Wildman–Crippen MR) is 93.8 cm³/mol. The van der Waals surface area contributed by atoms with Gasteiger partial charge in [0.05, 0.1) is 17.6 Å². The second kappa shape index (κ2) is 6.40. The van der Waals surface area contributed by atoms with E-state index >= 15 is 0 Å². The van der Waals surface area contributed by atoms with Crippen molar-refractivity contribution in [1.29, 1.82) is 0 Å². The van der Waals surface area contributed by atoms with Crippen LogP contribution in [-0.4, -0.2) is 32.4 Å². The van der Waals surface area contributed by atoms with Crippen LogP contribution < -0.4 is 17.0 Å². The van der Waals surface area contributed by atoms with Crippen LogP contribution in [0.2, 0.25) is 0 Å². The van der Waals surface area contributed by atoms with Crippen LogP contribution in [0, 0.1) is 0 Å². The summed E-state index contributed by atoms with van der Waals surface area (Å²) in [7, 11) is 0. The Labute approximate surface area is 147 Å². The fourth-order valence-electron chi connectivity index (χ4n) is 3.13. The van der Waals surface area contributed by atoms with E-state index in [9.17, 15) is 14.4 Å². The lowest BCUT2D eigenvalue weighted by Crippen LogP contribution is -2.42. The number of nitrogens with two attached hydrogens (primary N) is 1. The first kappa shape index (κ1) is 17.8. The van der Waals surface area contributed by atoms with Crippen LogP contribution >= 0.6 is 11.3 Å². The highest BCUT2D eigenvalue weighted by atomic mass is 32.1. The summed E-state index contributed by atoms with van der Waals surface area (Å²) in [5.74, 6) is -0.654. The number of amides is 1. The van der Waals surface area contributed by atoms with E-state index in [0.717, 1.165) is 15.0 Å². The predicted octanol–water partition coefficient (Wildman–Crippen LogP) is -0.0563. The number of aromatic nitrogens is 2. The third-order valence-electron chi connectivity index (χ3n) is 4.29. The summed E-state index contributed by atoms with van der Waals surface area (Å²) >= 11 is 1.30. The topological polar surface area (TPSA) is 117 Å². The van der Waals surface area contributed by atoms with Gasteiger partial charge in [0.15, 0.2) is 0 Å². The molecule has 1 aliphatic heterocycles. The Morgan fingerprint density at radius 1 is 1.36 bits per heavy atom. The lowest BCUT2D eigenvalue weighted by atomic mass is 9.94. The van der Waals surface area contributed by atoms with Gasteiger partial charge in [0, 0.05) is 24.4 Å². The van der Waals surface area contributed by atoms with Crippen molar-refractivity contribution >= 4 is 27.5 Å². The summed E-state index contributed by atoms with van der Waals surface area (Å²) in [5, 5.41) is 9.50. The third kappa shape index (κ3) is 3.14. The quantitative estimate of drug-likeness (QED) is 0.768. The van der Waals surface area contributed by atoms with E-state index in [4.69, 9.17) is 15.6 Å². The molecule has 0 saturated carbocycles. The number of carbonyl (C=O) groups is 1.